The number of amides is 1. The average Bonchev–Trinajstić information content (AvgIpc) is 3.63. The topological polar surface area (TPSA) is 120 Å². The Kier molecular flexibility index (Phi) is 7.90. The van der Waals surface area contributed by atoms with Crippen LogP contribution in [0.15, 0.2) is 71.5 Å². The SMILES string of the molecule is COc1cccc(-c2ccc(CN3C(C)C(=O)N(Cc4cn(Cc5ccco5)nn4)CCS3(=O)=O)cc2)c1OC. The van der Waals surface area contributed by atoms with Crippen molar-refractivity contribution in [1.29, 1.82) is 0 Å². The van der Waals surface area contributed by atoms with Crippen LogP contribution in [0.3, 0.4) is 0 Å². The lowest BCUT2D eigenvalue weighted by molar-refractivity contribution is -0.134. The zero-order valence-corrected chi connectivity index (χ0v) is 23.4. The van der Waals surface area contributed by atoms with E-state index in [-0.39, 0.29) is 31.3 Å². The number of ether oxygens (including phenoxy) is 2. The molecule has 1 saturated heterocycles. The van der Waals surface area contributed by atoms with E-state index in [2.05, 4.69) is 10.3 Å². The molecule has 5 rings (SSSR count). The van der Waals surface area contributed by atoms with E-state index in [4.69, 9.17) is 13.9 Å². The highest BCUT2D eigenvalue weighted by atomic mass is 32.2. The molecule has 1 fully saturated rings. The molecule has 11 nitrogen and oxygen atoms in total. The van der Waals surface area contributed by atoms with Crippen LogP contribution in [0.4, 0.5) is 0 Å². The Bertz CT molecular complexity index is 1570. The van der Waals surface area contributed by atoms with Crippen molar-refractivity contribution >= 4 is 15.9 Å². The molecule has 3 heterocycles. The van der Waals surface area contributed by atoms with Crippen molar-refractivity contribution < 1.29 is 27.1 Å². The van der Waals surface area contributed by atoms with Crippen molar-refractivity contribution in [3.05, 3.63) is 84.1 Å². The summed E-state index contributed by atoms with van der Waals surface area (Å²) in [5.41, 5.74) is 3.09. The molecule has 0 radical (unpaired) electrons. The van der Waals surface area contributed by atoms with Crippen LogP contribution in [0.25, 0.3) is 11.1 Å². The van der Waals surface area contributed by atoms with Crippen molar-refractivity contribution in [2.45, 2.75) is 32.6 Å². The second-order valence-electron chi connectivity index (χ2n) is 9.52. The number of sulfonamides is 1. The average molecular weight is 566 g/mol. The fourth-order valence-corrected chi connectivity index (χ4v) is 6.41. The van der Waals surface area contributed by atoms with E-state index in [1.807, 2.05) is 48.5 Å². The van der Waals surface area contributed by atoms with Gasteiger partial charge in [0.05, 0.1) is 39.0 Å². The first-order valence-corrected chi connectivity index (χ1v) is 14.4. The van der Waals surface area contributed by atoms with Gasteiger partial charge >= 0.3 is 0 Å². The first-order chi connectivity index (χ1) is 19.3. The number of hydrogen-bond acceptors (Lipinski definition) is 8. The van der Waals surface area contributed by atoms with Crippen LogP contribution in [-0.2, 0) is 34.5 Å². The number of methoxy groups -OCH3 is 2. The number of nitrogens with zero attached hydrogens (tertiary/aromatic N) is 5. The van der Waals surface area contributed by atoms with Crippen molar-refractivity contribution in [3.8, 4) is 22.6 Å². The molecule has 1 atom stereocenters. The van der Waals surface area contributed by atoms with Gasteiger partial charge in [0, 0.05) is 18.7 Å². The minimum Gasteiger partial charge on any atom is -0.493 e. The van der Waals surface area contributed by atoms with Crippen LogP contribution >= 0.6 is 0 Å². The number of hydrogen-bond donors (Lipinski definition) is 0. The number of aromatic nitrogens is 3. The molecule has 0 bridgehead atoms. The van der Waals surface area contributed by atoms with Gasteiger partial charge < -0.3 is 18.8 Å². The molecule has 1 amide bonds. The Labute approximate surface area is 233 Å². The van der Waals surface area contributed by atoms with E-state index in [9.17, 15) is 13.2 Å². The summed E-state index contributed by atoms with van der Waals surface area (Å²) >= 11 is 0. The zero-order chi connectivity index (χ0) is 28.3. The van der Waals surface area contributed by atoms with Crippen LogP contribution in [-0.4, -0.2) is 71.1 Å². The molecule has 2 aromatic heterocycles. The second-order valence-corrected chi connectivity index (χ2v) is 11.6. The smallest absolute Gasteiger partial charge is 0.241 e. The fraction of sp³-hybridized carbons (Fsp3) is 0.321. The largest absolute Gasteiger partial charge is 0.493 e. The maximum Gasteiger partial charge on any atom is 0.241 e. The monoisotopic (exact) mass is 565 g/mol. The number of carbonyl (C=O) groups is 1. The minimum absolute atomic E-state index is 0.0711. The van der Waals surface area contributed by atoms with Crippen LogP contribution in [0.2, 0.25) is 0 Å². The van der Waals surface area contributed by atoms with Crippen LogP contribution in [0.5, 0.6) is 11.5 Å². The van der Waals surface area contributed by atoms with Gasteiger partial charge in [0.2, 0.25) is 15.9 Å². The van der Waals surface area contributed by atoms with Crippen molar-refractivity contribution in [2.75, 3.05) is 26.5 Å². The van der Waals surface area contributed by atoms with Gasteiger partial charge in [-0.3, -0.25) is 4.79 Å². The number of rotatable bonds is 9. The fourth-order valence-electron chi connectivity index (χ4n) is 4.80. The number of benzene rings is 2. The highest BCUT2D eigenvalue weighted by molar-refractivity contribution is 7.89. The van der Waals surface area contributed by atoms with E-state index in [0.717, 1.165) is 22.5 Å². The molecule has 1 unspecified atom stereocenters. The summed E-state index contributed by atoms with van der Waals surface area (Å²) in [5, 5.41) is 8.26. The van der Waals surface area contributed by atoms with E-state index < -0.39 is 16.1 Å². The van der Waals surface area contributed by atoms with Gasteiger partial charge in [-0.15, -0.1) is 5.10 Å². The Morgan fingerprint density at radius 2 is 1.80 bits per heavy atom. The highest BCUT2D eigenvalue weighted by Crippen LogP contribution is 2.38. The first kappa shape index (κ1) is 27.4. The van der Waals surface area contributed by atoms with Crippen LogP contribution in [0, 0.1) is 0 Å². The summed E-state index contributed by atoms with van der Waals surface area (Å²) in [6.07, 6.45) is 3.32. The number of para-hydroxylation sites is 1. The van der Waals surface area contributed by atoms with E-state index in [0.29, 0.717) is 23.7 Å². The summed E-state index contributed by atoms with van der Waals surface area (Å²) in [7, 11) is -0.523. The normalized spacial score (nSPS) is 17.5. The molecule has 1 aliphatic heterocycles. The van der Waals surface area contributed by atoms with Crippen molar-refractivity contribution in [1.82, 2.24) is 24.2 Å². The molecule has 0 N–H and O–H groups in total. The van der Waals surface area contributed by atoms with E-state index in [1.165, 1.54) is 9.21 Å². The Morgan fingerprint density at radius 1 is 1.00 bits per heavy atom. The molecular weight excluding hydrogens is 534 g/mol. The lowest BCUT2D eigenvalue weighted by atomic mass is 10.0. The minimum atomic E-state index is -3.70. The predicted octanol–water partition coefficient (Wildman–Crippen LogP) is 3.17. The van der Waals surface area contributed by atoms with Gasteiger partial charge in [0.1, 0.15) is 24.0 Å². The van der Waals surface area contributed by atoms with Gasteiger partial charge in [-0.1, -0.05) is 41.6 Å². The standard InChI is InChI=1S/C28H31N5O6S/c1-20-28(34)31(17-23-18-32(30-29-23)19-24-6-5-14-39-24)13-15-40(35,36)33(20)16-21-9-11-22(12-10-21)25-7-4-8-26(37-2)27(25)38-3/h4-12,14,18,20H,13,15-17,19H2,1-3H3. The van der Waals surface area contributed by atoms with Gasteiger partial charge in [-0.05, 0) is 36.2 Å². The molecule has 0 aliphatic carbocycles. The molecule has 2 aromatic carbocycles. The zero-order valence-electron chi connectivity index (χ0n) is 22.6. The van der Waals surface area contributed by atoms with Crippen molar-refractivity contribution in [3.63, 3.8) is 0 Å². The van der Waals surface area contributed by atoms with Crippen LogP contribution < -0.4 is 9.47 Å². The Morgan fingerprint density at radius 3 is 2.50 bits per heavy atom. The van der Waals surface area contributed by atoms with E-state index >= 15 is 0 Å². The number of furan rings is 1. The maximum atomic E-state index is 13.4. The lowest BCUT2D eigenvalue weighted by Crippen LogP contribution is -2.45. The Hall–Kier alpha value is -4.16. The molecule has 4 aromatic rings. The summed E-state index contributed by atoms with van der Waals surface area (Å²) in [5.74, 6) is 1.51. The quantitative estimate of drug-likeness (QED) is 0.304. The molecule has 0 saturated carbocycles. The molecular formula is C28H31N5O6S. The predicted molar refractivity (Wildman–Crippen MR) is 147 cm³/mol. The summed E-state index contributed by atoms with van der Waals surface area (Å²) < 4.78 is 45.7. The van der Waals surface area contributed by atoms with Crippen molar-refractivity contribution in [2.24, 2.45) is 0 Å². The first-order valence-electron chi connectivity index (χ1n) is 12.8. The summed E-state index contributed by atoms with van der Waals surface area (Å²) in [4.78, 5) is 14.9. The summed E-state index contributed by atoms with van der Waals surface area (Å²) in [6, 6.07) is 15.9. The lowest BCUT2D eigenvalue weighted by Gasteiger charge is -2.26. The van der Waals surface area contributed by atoms with E-state index in [1.54, 1.807) is 44.4 Å². The molecule has 40 heavy (non-hydrogen) atoms. The highest BCUT2D eigenvalue weighted by Gasteiger charge is 2.38. The Balaban J connectivity index is 1.30. The van der Waals surface area contributed by atoms with Gasteiger partial charge in [-0.25, -0.2) is 13.1 Å². The second kappa shape index (κ2) is 11.5. The maximum absolute atomic E-state index is 13.4. The third kappa shape index (κ3) is 5.73. The molecule has 0 spiro atoms. The third-order valence-corrected chi connectivity index (χ3v) is 8.78. The molecule has 1 aliphatic rings. The third-order valence-electron chi connectivity index (χ3n) is 6.92. The molecule has 210 valence electrons. The van der Waals surface area contributed by atoms with Crippen LogP contribution in [0.1, 0.15) is 23.9 Å². The molecule has 12 heteroatoms. The van der Waals surface area contributed by atoms with Gasteiger partial charge in [0.15, 0.2) is 11.5 Å². The number of carbonyl (C=O) groups excluding carboxylic acids is 1. The van der Waals surface area contributed by atoms with Gasteiger partial charge in [-0.2, -0.15) is 4.31 Å². The summed E-state index contributed by atoms with van der Waals surface area (Å²) in [6.45, 7) is 2.36. The van der Waals surface area contributed by atoms with Gasteiger partial charge in [0.25, 0.3) is 0 Å².